The lowest BCUT2D eigenvalue weighted by molar-refractivity contribution is -0.142. The summed E-state index contributed by atoms with van der Waals surface area (Å²) >= 11 is 0. The number of aromatic nitrogens is 3. The summed E-state index contributed by atoms with van der Waals surface area (Å²) in [6, 6.07) is 15.8. The van der Waals surface area contributed by atoms with Crippen molar-refractivity contribution in [3.63, 3.8) is 0 Å². The van der Waals surface area contributed by atoms with E-state index in [0.29, 0.717) is 28.1 Å². The Bertz CT molecular complexity index is 1580. The van der Waals surface area contributed by atoms with Gasteiger partial charge in [0.2, 0.25) is 18.6 Å². The van der Waals surface area contributed by atoms with E-state index >= 15 is 0 Å². The van der Waals surface area contributed by atoms with Crippen LogP contribution in [0.3, 0.4) is 0 Å². The first-order valence-electron chi connectivity index (χ1n) is 13.7. The molecule has 2 aliphatic rings. The van der Waals surface area contributed by atoms with Gasteiger partial charge in [-0.2, -0.15) is 0 Å². The van der Waals surface area contributed by atoms with Crippen molar-refractivity contribution in [2.24, 2.45) is 0 Å². The quantitative estimate of drug-likeness (QED) is 0.278. The zero-order valence-corrected chi connectivity index (χ0v) is 22.4. The number of carbonyl (C=O) groups is 2. The number of hydrogen-bond donors (Lipinski definition) is 3. The van der Waals surface area contributed by atoms with E-state index in [1.165, 1.54) is 21.7 Å². The van der Waals surface area contributed by atoms with E-state index in [2.05, 4.69) is 15.6 Å². The van der Waals surface area contributed by atoms with E-state index < -0.39 is 6.04 Å². The summed E-state index contributed by atoms with van der Waals surface area (Å²) in [5.74, 6) is -0.272. The van der Waals surface area contributed by atoms with Crippen molar-refractivity contribution in [1.29, 1.82) is 0 Å². The van der Waals surface area contributed by atoms with Gasteiger partial charge in [0.1, 0.15) is 18.1 Å². The molecule has 1 aromatic heterocycles. The van der Waals surface area contributed by atoms with E-state index in [1.807, 2.05) is 30.3 Å². The number of ether oxygens (including phenoxy) is 2. The van der Waals surface area contributed by atoms with Gasteiger partial charge in [0, 0.05) is 12.6 Å². The molecule has 1 atom stereocenters. The lowest BCUT2D eigenvalue weighted by Crippen LogP contribution is -2.47. The predicted molar refractivity (Wildman–Crippen MR) is 148 cm³/mol. The van der Waals surface area contributed by atoms with Crippen molar-refractivity contribution in [1.82, 2.24) is 25.2 Å². The van der Waals surface area contributed by atoms with Crippen molar-refractivity contribution in [3.05, 3.63) is 71.8 Å². The summed E-state index contributed by atoms with van der Waals surface area (Å²) in [6.07, 6.45) is 4.90. The minimum absolute atomic E-state index is 0.00813. The van der Waals surface area contributed by atoms with Crippen LogP contribution in [0.5, 0.6) is 23.0 Å². The van der Waals surface area contributed by atoms with Gasteiger partial charge in [-0.3, -0.25) is 9.59 Å². The lowest BCUT2D eigenvalue weighted by Gasteiger charge is -2.33. The Hall–Kier alpha value is -4.80. The smallest absolute Gasteiger partial charge is 0.247 e. The van der Waals surface area contributed by atoms with Crippen LogP contribution in [-0.2, 0) is 22.7 Å². The molecule has 3 aromatic carbocycles. The molecule has 1 saturated carbocycles. The van der Waals surface area contributed by atoms with Crippen LogP contribution in [0.4, 0.5) is 0 Å². The molecule has 212 valence electrons. The topological polar surface area (TPSA) is 139 Å². The van der Waals surface area contributed by atoms with Crippen LogP contribution in [0, 0.1) is 0 Å². The predicted octanol–water partition coefficient (Wildman–Crippen LogP) is 3.79. The highest BCUT2D eigenvalue weighted by atomic mass is 16.7. The molecule has 1 aliphatic heterocycles. The molecule has 2 heterocycles. The van der Waals surface area contributed by atoms with Crippen LogP contribution in [-0.4, -0.2) is 54.8 Å². The van der Waals surface area contributed by atoms with Crippen molar-refractivity contribution in [3.8, 4) is 23.0 Å². The molecule has 0 saturated heterocycles. The zero-order valence-electron chi connectivity index (χ0n) is 22.4. The maximum absolute atomic E-state index is 14.1. The van der Waals surface area contributed by atoms with Gasteiger partial charge in [0.15, 0.2) is 23.0 Å². The fourth-order valence-corrected chi connectivity index (χ4v) is 5.52. The number of carbonyl (C=O) groups excluding carboxylic acids is 2. The Morgan fingerprint density at radius 3 is 2.61 bits per heavy atom. The molecule has 1 unspecified atom stereocenters. The highest BCUT2D eigenvalue weighted by Crippen LogP contribution is 2.35. The summed E-state index contributed by atoms with van der Waals surface area (Å²) in [5, 5.41) is 31.8. The van der Waals surface area contributed by atoms with Crippen LogP contribution in [0.2, 0.25) is 0 Å². The van der Waals surface area contributed by atoms with Gasteiger partial charge in [-0.15, -0.1) is 5.10 Å². The summed E-state index contributed by atoms with van der Waals surface area (Å²) in [6.45, 7) is 0.00877. The average Bonchev–Trinajstić information content (AvgIpc) is 3.62. The molecule has 1 aliphatic carbocycles. The van der Waals surface area contributed by atoms with Crippen LogP contribution < -0.4 is 14.8 Å². The molecule has 0 bridgehead atoms. The molecule has 11 nitrogen and oxygen atoms in total. The molecule has 0 spiro atoms. The number of benzene rings is 3. The van der Waals surface area contributed by atoms with Crippen molar-refractivity contribution in [2.75, 3.05) is 6.79 Å². The van der Waals surface area contributed by atoms with Gasteiger partial charge in [-0.1, -0.05) is 48.7 Å². The first-order chi connectivity index (χ1) is 20.0. The van der Waals surface area contributed by atoms with E-state index in [4.69, 9.17) is 9.47 Å². The minimum atomic E-state index is -1.10. The monoisotopic (exact) mass is 557 g/mol. The second-order valence-electron chi connectivity index (χ2n) is 10.4. The van der Waals surface area contributed by atoms with Crippen LogP contribution in [0.25, 0.3) is 11.0 Å². The molecule has 1 fully saturated rings. The first kappa shape index (κ1) is 26.4. The number of rotatable bonds is 8. The van der Waals surface area contributed by atoms with E-state index in [-0.39, 0.29) is 49.2 Å². The Labute approximate surface area is 236 Å². The number of fused-ring (bicyclic) bond motifs is 2. The third kappa shape index (κ3) is 5.60. The number of nitrogens with zero attached hydrogens (tertiary/aromatic N) is 4. The third-order valence-electron chi connectivity index (χ3n) is 7.64. The third-order valence-corrected chi connectivity index (χ3v) is 7.64. The Balaban J connectivity index is 1.39. The van der Waals surface area contributed by atoms with Crippen LogP contribution >= 0.6 is 0 Å². The van der Waals surface area contributed by atoms with Gasteiger partial charge in [-0.25, -0.2) is 4.68 Å². The molecule has 11 heteroatoms. The maximum Gasteiger partial charge on any atom is 0.247 e. The molecular formula is C30H31N5O6. The van der Waals surface area contributed by atoms with E-state index in [0.717, 1.165) is 37.7 Å². The van der Waals surface area contributed by atoms with Crippen molar-refractivity contribution < 1.29 is 29.3 Å². The van der Waals surface area contributed by atoms with E-state index in [1.54, 1.807) is 18.2 Å². The number of nitrogens with one attached hydrogen (secondary N) is 1. The summed E-state index contributed by atoms with van der Waals surface area (Å²) < 4.78 is 12.5. The number of phenols is 2. The molecule has 2 amide bonds. The summed E-state index contributed by atoms with van der Waals surface area (Å²) in [4.78, 5) is 29.6. The van der Waals surface area contributed by atoms with Gasteiger partial charge in [-0.05, 0) is 60.4 Å². The highest BCUT2D eigenvalue weighted by Gasteiger charge is 2.34. The number of phenolic OH excluding ortho intramolecular Hbond substituents is 2. The molecule has 0 radical (unpaired) electrons. The van der Waals surface area contributed by atoms with Crippen molar-refractivity contribution >= 4 is 22.8 Å². The maximum atomic E-state index is 14.1. The standard InChI is InChI=1S/C30H31N5O6/c36-24-12-11-20(15-25(24)37)29(30(39)31-21-6-2-1-3-7-21)34(16-19-10-13-26-27(14-19)41-18-40-26)28(38)17-35-23-9-5-4-8-22(23)32-33-35/h4-5,8-15,21,29,36-37H,1-3,6-7,16-18H2,(H,31,39). The Morgan fingerprint density at radius 1 is 0.976 bits per heavy atom. The number of aromatic hydroxyl groups is 2. The molecule has 4 aromatic rings. The lowest BCUT2D eigenvalue weighted by atomic mass is 9.94. The minimum Gasteiger partial charge on any atom is -0.504 e. The second kappa shape index (κ2) is 11.4. The molecule has 3 N–H and O–H groups in total. The summed E-state index contributed by atoms with van der Waals surface area (Å²) in [5.41, 5.74) is 2.43. The molecular weight excluding hydrogens is 526 g/mol. The number of hydrogen-bond acceptors (Lipinski definition) is 8. The number of amides is 2. The van der Waals surface area contributed by atoms with Gasteiger partial charge < -0.3 is 29.9 Å². The van der Waals surface area contributed by atoms with Gasteiger partial charge in [0.25, 0.3) is 0 Å². The SMILES string of the molecule is O=C(NC1CCCCC1)C(c1ccc(O)c(O)c1)N(Cc1ccc2c(c1)OCO2)C(=O)Cn1nnc2ccccc21. The average molecular weight is 558 g/mol. The first-order valence-corrected chi connectivity index (χ1v) is 13.7. The Morgan fingerprint density at radius 2 is 1.78 bits per heavy atom. The van der Waals surface area contributed by atoms with Gasteiger partial charge in [0.05, 0.1) is 5.52 Å². The molecule has 41 heavy (non-hydrogen) atoms. The Kier molecular flexibility index (Phi) is 7.32. The highest BCUT2D eigenvalue weighted by molar-refractivity contribution is 5.89. The van der Waals surface area contributed by atoms with Crippen molar-refractivity contribution in [2.45, 2.75) is 57.3 Å². The fourth-order valence-electron chi connectivity index (χ4n) is 5.52. The van der Waals surface area contributed by atoms with Crippen LogP contribution in [0.15, 0.2) is 60.7 Å². The second-order valence-corrected chi connectivity index (χ2v) is 10.4. The largest absolute Gasteiger partial charge is 0.504 e. The summed E-state index contributed by atoms with van der Waals surface area (Å²) in [7, 11) is 0. The molecule has 6 rings (SSSR count). The van der Waals surface area contributed by atoms with E-state index in [9.17, 15) is 19.8 Å². The normalized spacial score (nSPS) is 15.5. The van der Waals surface area contributed by atoms with Gasteiger partial charge >= 0.3 is 0 Å². The van der Waals surface area contributed by atoms with Crippen LogP contribution in [0.1, 0.15) is 49.3 Å². The number of para-hydroxylation sites is 1. The fraction of sp³-hybridized carbons (Fsp3) is 0.333. The zero-order chi connectivity index (χ0) is 28.3.